The van der Waals surface area contributed by atoms with Crippen molar-refractivity contribution in [2.45, 2.75) is 13.8 Å². The van der Waals surface area contributed by atoms with Crippen LogP contribution in [0.2, 0.25) is 0 Å². The summed E-state index contributed by atoms with van der Waals surface area (Å²) >= 11 is 0. The second-order valence-corrected chi connectivity index (χ2v) is 2.15. The average molecular weight is 204 g/mol. The summed E-state index contributed by atoms with van der Waals surface area (Å²) < 4.78 is 9.53. The topological polar surface area (TPSA) is 38.7 Å². The summed E-state index contributed by atoms with van der Waals surface area (Å²) in [5.41, 5.74) is 0. The van der Waals surface area contributed by atoms with Crippen LogP contribution < -0.4 is 0 Å². The number of rotatable bonds is 5. The minimum atomic E-state index is 0.0870. The molecular formula is C11H24O3. The third-order valence-corrected chi connectivity index (χ3v) is 0.667. The number of ether oxygens (including phenoxy) is 2. The maximum atomic E-state index is 8.20. The van der Waals surface area contributed by atoms with Gasteiger partial charge in [-0.2, -0.15) is 0 Å². The molecule has 0 aliphatic heterocycles. The van der Waals surface area contributed by atoms with Gasteiger partial charge in [0.2, 0.25) is 0 Å². The van der Waals surface area contributed by atoms with Crippen LogP contribution >= 0.6 is 0 Å². The zero-order chi connectivity index (χ0) is 11.7. The molecule has 0 aliphatic carbocycles. The maximum Gasteiger partial charge on any atom is 0.0701 e. The van der Waals surface area contributed by atoms with Gasteiger partial charge in [-0.1, -0.05) is 12.2 Å². The molecule has 0 spiro atoms. The van der Waals surface area contributed by atoms with Crippen LogP contribution in [0.15, 0.2) is 25.3 Å². The van der Waals surface area contributed by atoms with Gasteiger partial charge in [0.05, 0.1) is 26.4 Å². The minimum Gasteiger partial charge on any atom is -0.394 e. The van der Waals surface area contributed by atoms with Crippen molar-refractivity contribution in [2.24, 2.45) is 0 Å². The fourth-order valence-electron chi connectivity index (χ4n) is 0.309. The first-order valence-corrected chi connectivity index (χ1v) is 4.56. The van der Waals surface area contributed by atoms with Gasteiger partial charge in [-0.25, -0.2) is 0 Å². The van der Waals surface area contributed by atoms with Crippen molar-refractivity contribution in [3.05, 3.63) is 25.3 Å². The fourth-order valence-corrected chi connectivity index (χ4v) is 0.309. The van der Waals surface area contributed by atoms with E-state index in [-0.39, 0.29) is 6.61 Å². The zero-order valence-corrected chi connectivity index (χ0v) is 9.66. The van der Waals surface area contributed by atoms with E-state index in [1.54, 1.807) is 19.3 Å². The summed E-state index contributed by atoms with van der Waals surface area (Å²) in [6, 6.07) is 0. The average Bonchev–Trinajstić information content (AvgIpc) is 2.15. The second-order valence-electron chi connectivity index (χ2n) is 2.15. The summed E-state index contributed by atoms with van der Waals surface area (Å²) in [5.74, 6) is 0. The molecule has 86 valence electrons. The normalized spacial score (nSPS) is 7.43. The van der Waals surface area contributed by atoms with Crippen molar-refractivity contribution in [3.8, 4) is 0 Å². The van der Waals surface area contributed by atoms with Crippen LogP contribution in [0.1, 0.15) is 13.8 Å². The highest BCUT2D eigenvalue weighted by Gasteiger charge is 1.82. The largest absolute Gasteiger partial charge is 0.394 e. The van der Waals surface area contributed by atoms with Crippen molar-refractivity contribution in [1.82, 2.24) is 0 Å². The van der Waals surface area contributed by atoms with Crippen LogP contribution in [-0.4, -0.2) is 38.6 Å². The van der Waals surface area contributed by atoms with E-state index in [1.807, 2.05) is 13.8 Å². The molecule has 0 saturated carbocycles. The summed E-state index contributed by atoms with van der Waals surface area (Å²) in [6.07, 6.45) is 3.50. The zero-order valence-electron chi connectivity index (χ0n) is 9.66. The number of allylic oxidation sites excluding steroid dienone is 2. The van der Waals surface area contributed by atoms with Crippen LogP contribution in [-0.2, 0) is 9.47 Å². The highest BCUT2D eigenvalue weighted by molar-refractivity contribution is 4.51. The van der Waals surface area contributed by atoms with Crippen LogP contribution in [0.5, 0.6) is 0 Å². The Kier molecular flexibility index (Phi) is 40.0. The van der Waals surface area contributed by atoms with Crippen molar-refractivity contribution in [3.63, 3.8) is 0 Å². The molecule has 0 atom stereocenters. The van der Waals surface area contributed by atoms with E-state index in [1.165, 1.54) is 0 Å². The molecule has 0 bridgehead atoms. The van der Waals surface area contributed by atoms with Crippen molar-refractivity contribution in [2.75, 3.05) is 33.5 Å². The van der Waals surface area contributed by atoms with E-state index in [2.05, 4.69) is 17.9 Å². The molecule has 0 aromatic carbocycles. The summed E-state index contributed by atoms with van der Waals surface area (Å²) in [5, 5.41) is 8.20. The first kappa shape index (κ1) is 19.0. The van der Waals surface area contributed by atoms with Crippen LogP contribution in [0.25, 0.3) is 0 Å². The lowest BCUT2D eigenvalue weighted by Crippen LogP contribution is -2.05. The Morgan fingerprint density at radius 3 is 1.79 bits per heavy atom. The van der Waals surface area contributed by atoms with Crippen molar-refractivity contribution in [1.29, 1.82) is 0 Å². The molecule has 0 amide bonds. The predicted octanol–water partition coefficient (Wildman–Crippen LogP) is 2.03. The second kappa shape index (κ2) is 29.4. The first-order chi connectivity index (χ1) is 6.74. The molecule has 0 rings (SSSR count). The summed E-state index contributed by atoms with van der Waals surface area (Å²) in [6.45, 7) is 12.2. The smallest absolute Gasteiger partial charge is 0.0701 e. The van der Waals surface area contributed by atoms with Gasteiger partial charge >= 0.3 is 0 Å². The molecule has 14 heavy (non-hydrogen) atoms. The highest BCUT2D eigenvalue weighted by atomic mass is 16.5. The Bertz CT molecular complexity index is 80.5. The van der Waals surface area contributed by atoms with E-state index in [0.717, 1.165) is 0 Å². The molecule has 3 nitrogen and oxygen atoms in total. The van der Waals surface area contributed by atoms with Gasteiger partial charge in [-0.3, -0.25) is 0 Å². The Balaban J connectivity index is -0.000000168. The third kappa shape index (κ3) is 64.1. The van der Waals surface area contributed by atoms with Gasteiger partial charge in [0.25, 0.3) is 0 Å². The van der Waals surface area contributed by atoms with Crippen molar-refractivity contribution < 1.29 is 14.6 Å². The molecule has 0 fully saturated rings. The number of aliphatic hydroxyl groups excluding tert-OH is 1. The van der Waals surface area contributed by atoms with Gasteiger partial charge in [-0.15, -0.1) is 13.2 Å². The van der Waals surface area contributed by atoms with E-state index in [0.29, 0.717) is 19.8 Å². The van der Waals surface area contributed by atoms with E-state index < -0.39 is 0 Å². The molecule has 0 saturated heterocycles. The lowest BCUT2D eigenvalue weighted by Gasteiger charge is -1.98. The molecule has 0 unspecified atom stereocenters. The maximum absolute atomic E-state index is 8.20. The number of methoxy groups -OCH3 is 1. The molecular weight excluding hydrogens is 180 g/mol. The predicted molar refractivity (Wildman–Crippen MR) is 61.5 cm³/mol. The molecule has 0 aliphatic rings. The van der Waals surface area contributed by atoms with Gasteiger partial charge in [0.1, 0.15) is 0 Å². The van der Waals surface area contributed by atoms with Gasteiger partial charge < -0.3 is 14.6 Å². The summed E-state index contributed by atoms with van der Waals surface area (Å²) in [7, 11) is 1.61. The standard InChI is InChI=1S/C5H12O3.2C3H6/c1-7-4-5-8-3-2-6;2*1-3-2/h6H,2-5H2,1H3;2*3H,1H2,2H3. The highest BCUT2D eigenvalue weighted by Crippen LogP contribution is 1.72. The van der Waals surface area contributed by atoms with Gasteiger partial charge in [0.15, 0.2) is 0 Å². The molecule has 0 aromatic rings. The Morgan fingerprint density at radius 1 is 1.07 bits per heavy atom. The summed E-state index contributed by atoms with van der Waals surface area (Å²) in [4.78, 5) is 0. The van der Waals surface area contributed by atoms with E-state index in [4.69, 9.17) is 9.84 Å². The Labute approximate surface area is 88.0 Å². The Morgan fingerprint density at radius 2 is 1.50 bits per heavy atom. The van der Waals surface area contributed by atoms with Gasteiger partial charge in [0, 0.05) is 7.11 Å². The van der Waals surface area contributed by atoms with Crippen molar-refractivity contribution >= 4 is 0 Å². The number of hydrogen-bond donors (Lipinski definition) is 1. The number of hydrogen-bond acceptors (Lipinski definition) is 3. The SMILES string of the molecule is C=CC.C=CC.COCCOCCO. The molecule has 0 aromatic heterocycles. The molecule has 3 heteroatoms. The number of aliphatic hydroxyl groups is 1. The van der Waals surface area contributed by atoms with E-state index >= 15 is 0 Å². The quantitative estimate of drug-likeness (QED) is 0.550. The first-order valence-electron chi connectivity index (χ1n) is 4.56. The monoisotopic (exact) mass is 204 g/mol. The molecule has 0 radical (unpaired) electrons. The Hall–Kier alpha value is -0.640. The van der Waals surface area contributed by atoms with Crippen LogP contribution in [0.4, 0.5) is 0 Å². The van der Waals surface area contributed by atoms with E-state index in [9.17, 15) is 0 Å². The fraction of sp³-hybridized carbons (Fsp3) is 0.636. The lowest BCUT2D eigenvalue weighted by atomic mass is 10.7. The minimum absolute atomic E-state index is 0.0870. The van der Waals surface area contributed by atoms with Crippen LogP contribution in [0.3, 0.4) is 0 Å². The van der Waals surface area contributed by atoms with Crippen LogP contribution in [0, 0.1) is 0 Å². The lowest BCUT2D eigenvalue weighted by molar-refractivity contribution is 0.0500. The third-order valence-electron chi connectivity index (χ3n) is 0.667. The molecule has 0 heterocycles. The van der Waals surface area contributed by atoms with Gasteiger partial charge in [-0.05, 0) is 13.8 Å². The molecule has 1 N–H and O–H groups in total.